The van der Waals surface area contributed by atoms with E-state index in [1.54, 1.807) is 6.07 Å². The maximum atomic E-state index is 13.4. The van der Waals surface area contributed by atoms with Gasteiger partial charge in [0, 0.05) is 12.1 Å². The molecule has 1 saturated carbocycles. The first-order valence-corrected chi connectivity index (χ1v) is 7.71. The molecule has 1 aromatic rings. The Morgan fingerprint density at radius 1 is 1.20 bits per heavy atom. The Bertz CT molecular complexity index is 429. The molecule has 0 aliphatic heterocycles. The van der Waals surface area contributed by atoms with Crippen molar-refractivity contribution in [1.82, 2.24) is 5.32 Å². The monoisotopic (exact) mass is 279 g/mol. The third-order valence-corrected chi connectivity index (χ3v) is 4.55. The van der Waals surface area contributed by atoms with Gasteiger partial charge in [-0.1, -0.05) is 25.3 Å². The first-order chi connectivity index (χ1) is 9.61. The van der Waals surface area contributed by atoms with Crippen LogP contribution in [0, 0.1) is 11.7 Å². The van der Waals surface area contributed by atoms with Crippen LogP contribution in [0.4, 0.5) is 4.39 Å². The largest absolute Gasteiger partial charge is 0.494 e. The van der Waals surface area contributed by atoms with Gasteiger partial charge in [-0.15, -0.1) is 0 Å². The molecule has 112 valence electrons. The quantitative estimate of drug-likeness (QED) is 0.859. The minimum Gasteiger partial charge on any atom is -0.494 e. The molecule has 0 amide bonds. The Kier molecular flexibility index (Phi) is 5.41. The lowest BCUT2D eigenvalue weighted by molar-refractivity contribution is 0.268. The highest BCUT2D eigenvalue weighted by Crippen LogP contribution is 2.28. The number of methoxy groups -OCH3 is 1. The molecular formula is C17H26FNO. The summed E-state index contributed by atoms with van der Waals surface area (Å²) in [6.45, 7) is 4.40. The van der Waals surface area contributed by atoms with Crippen molar-refractivity contribution in [1.29, 1.82) is 0 Å². The number of nitrogens with one attached hydrogen (secondary N) is 1. The van der Waals surface area contributed by atoms with Crippen LogP contribution in [0.2, 0.25) is 0 Å². The number of benzene rings is 1. The van der Waals surface area contributed by atoms with Crippen LogP contribution in [0.3, 0.4) is 0 Å². The van der Waals surface area contributed by atoms with Gasteiger partial charge in [0.1, 0.15) is 0 Å². The predicted octanol–water partition coefficient (Wildman–Crippen LogP) is 4.45. The molecule has 1 N–H and O–H groups in total. The molecule has 20 heavy (non-hydrogen) atoms. The molecule has 3 heteroatoms. The van der Waals surface area contributed by atoms with Crippen LogP contribution < -0.4 is 10.1 Å². The van der Waals surface area contributed by atoms with Gasteiger partial charge in [-0.3, -0.25) is 0 Å². The zero-order valence-corrected chi connectivity index (χ0v) is 12.8. The maximum Gasteiger partial charge on any atom is 0.165 e. The van der Waals surface area contributed by atoms with Crippen molar-refractivity contribution in [2.24, 2.45) is 5.92 Å². The SMILES string of the molecule is COc1cc(C(C)N[C@H](C)C2CCCCC2)ccc1F. The van der Waals surface area contributed by atoms with Crippen LogP contribution in [-0.2, 0) is 0 Å². The number of ether oxygens (including phenoxy) is 1. The lowest BCUT2D eigenvalue weighted by atomic mass is 9.84. The van der Waals surface area contributed by atoms with Crippen molar-refractivity contribution < 1.29 is 9.13 Å². The zero-order chi connectivity index (χ0) is 14.5. The second-order valence-corrected chi connectivity index (χ2v) is 5.97. The summed E-state index contributed by atoms with van der Waals surface area (Å²) in [5.74, 6) is 0.791. The van der Waals surface area contributed by atoms with Gasteiger partial charge in [0.25, 0.3) is 0 Å². The van der Waals surface area contributed by atoms with Crippen LogP contribution in [0.15, 0.2) is 18.2 Å². The smallest absolute Gasteiger partial charge is 0.165 e. The van der Waals surface area contributed by atoms with E-state index in [0.29, 0.717) is 11.8 Å². The number of halogens is 1. The van der Waals surface area contributed by atoms with E-state index in [1.165, 1.54) is 45.3 Å². The molecule has 2 nitrogen and oxygen atoms in total. The Morgan fingerprint density at radius 3 is 2.55 bits per heavy atom. The summed E-state index contributed by atoms with van der Waals surface area (Å²) in [4.78, 5) is 0. The van der Waals surface area contributed by atoms with E-state index in [2.05, 4.69) is 19.2 Å². The van der Waals surface area contributed by atoms with Crippen LogP contribution in [0.1, 0.15) is 57.6 Å². The van der Waals surface area contributed by atoms with E-state index < -0.39 is 0 Å². The molecule has 1 aliphatic rings. The van der Waals surface area contributed by atoms with Gasteiger partial charge in [-0.05, 0) is 50.3 Å². The van der Waals surface area contributed by atoms with Crippen LogP contribution in [0.25, 0.3) is 0 Å². The lowest BCUT2D eigenvalue weighted by Crippen LogP contribution is -2.36. The molecule has 2 atom stereocenters. The minimum atomic E-state index is -0.302. The molecule has 0 spiro atoms. The second kappa shape index (κ2) is 7.07. The summed E-state index contributed by atoms with van der Waals surface area (Å²) in [5, 5.41) is 3.66. The van der Waals surface area contributed by atoms with Gasteiger partial charge in [0.15, 0.2) is 11.6 Å². The van der Waals surface area contributed by atoms with E-state index in [0.717, 1.165) is 11.5 Å². The van der Waals surface area contributed by atoms with E-state index in [1.807, 2.05) is 6.07 Å². The van der Waals surface area contributed by atoms with E-state index in [4.69, 9.17) is 4.74 Å². The highest BCUT2D eigenvalue weighted by molar-refractivity contribution is 5.32. The highest BCUT2D eigenvalue weighted by Gasteiger charge is 2.21. The number of hydrogen-bond acceptors (Lipinski definition) is 2. The fourth-order valence-electron chi connectivity index (χ4n) is 3.21. The molecule has 1 aliphatic carbocycles. The Hall–Kier alpha value is -1.09. The average Bonchev–Trinajstić information content (AvgIpc) is 2.48. The van der Waals surface area contributed by atoms with Crippen molar-refractivity contribution in [2.45, 2.75) is 58.0 Å². The number of rotatable bonds is 5. The molecule has 2 rings (SSSR count). The summed E-state index contributed by atoms with van der Waals surface area (Å²) in [7, 11) is 1.50. The Balaban J connectivity index is 1.98. The van der Waals surface area contributed by atoms with Gasteiger partial charge in [0.05, 0.1) is 7.11 Å². The van der Waals surface area contributed by atoms with Gasteiger partial charge in [-0.2, -0.15) is 0 Å². The van der Waals surface area contributed by atoms with Crippen LogP contribution in [-0.4, -0.2) is 13.2 Å². The van der Waals surface area contributed by atoms with Crippen LogP contribution in [0.5, 0.6) is 5.75 Å². The standard InChI is InChI=1S/C17H26FNO/c1-12(14-7-5-4-6-8-14)19-13(2)15-9-10-16(18)17(11-15)20-3/h9-14,19H,4-8H2,1-3H3/t12-,13?/m1/s1. The second-order valence-electron chi connectivity index (χ2n) is 5.97. The summed E-state index contributed by atoms with van der Waals surface area (Å²) in [5.41, 5.74) is 1.07. The highest BCUT2D eigenvalue weighted by atomic mass is 19.1. The predicted molar refractivity (Wildman–Crippen MR) is 80.5 cm³/mol. The van der Waals surface area contributed by atoms with Crippen molar-refractivity contribution in [3.63, 3.8) is 0 Å². The van der Waals surface area contributed by atoms with E-state index in [-0.39, 0.29) is 11.9 Å². The van der Waals surface area contributed by atoms with E-state index >= 15 is 0 Å². The normalized spacial score (nSPS) is 19.6. The zero-order valence-electron chi connectivity index (χ0n) is 12.8. The molecule has 0 bridgehead atoms. The van der Waals surface area contributed by atoms with E-state index in [9.17, 15) is 4.39 Å². The summed E-state index contributed by atoms with van der Waals surface area (Å²) in [6, 6.07) is 5.82. The van der Waals surface area contributed by atoms with Crippen molar-refractivity contribution >= 4 is 0 Å². The van der Waals surface area contributed by atoms with Crippen molar-refractivity contribution in [2.75, 3.05) is 7.11 Å². The average molecular weight is 279 g/mol. The lowest BCUT2D eigenvalue weighted by Gasteiger charge is -2.31. The third-order valence-electron chi connectivity index (χ3n) is 4.55. The minimum absolute atomic E-state index is 0.210. The summed E-state index contributed by atoms with van der Waals surface area (Å²) < 4.78 is 18.5. The molecule has 1 unspecified atom stereocenters. The fourth-order valence-corrected chi connectivity index (χ4v) is 3.21. The molecule has 0 saturated heterocycles. The van der Waals surface area contributed by atoms with Gasteiger partial charge >= 0.3 is 0 Å². The van der Waals surface area contributed by atoms with Crippen molar-refractivity contribution in [3.8, 4) is 5.75 Å². The summed E-state index contributed by atoms with van der Waals surface area (Å²) >= 11 is 0. The molecule has 0 radical (unpaired) electrons. The van der Waals surface area contributed by atoms with Crippen LogP contribution >= 0.6 is 0 Å². The van der Waals surface area contributed by atoms with Gasteiger partial charge in [-0.25, -0.2) is 4.39 Å². The molecule has 1 fully saturated rings. The first kappa shape index (κ1) is 15.3. The molecule has 0 heterocycles. The Morgan fingerprint density at radius 2 is 1.90 bits per heavy atom. The molecule has 0 aromatic heterocycles. The van der Waals surface area contributed by atoms with Gasteiger partial charge < -0.3 is 10.1 Å². The van der Waals surface area contributed by atoms with Gasteiger partial charge in [0.2, 0.25) is 0 Å². The Labute approximate surface area is 121 Å². The maximum absolute atomic E-state index is 13.4. The fraction of sp³-hybridized carbons (Fsp3) is 0.647. The third kappa shape index (κ3) is 3.72. The number of hydrogen-bond donors (Lipinski definition) is 1. The molecular weight excluding hydrogens is 253 g/mol. The molecule has 1 aromatic carbocycles. The topological polar surface area (TPSA) is 21.3 Å². The first-order valence-electron chi connectivity index (χ1n) is 7.71. The van der Waals surface area contributed by atoms with Crippen molar-refractivity contribution in [3.05, 3.63) is 29.6 Å². The summed E-state index contributed by atoms with van der Waals surface area (Å²) in [6.07, 6.45) is 6.75.